The van der Waals surface area contributed by atoms with Crippen LogP contribution in [0.5, 0.6) is 0 Å². The van der Waals surface area contributed by atoms with Crippen molar-refractivity contribution < 1.29 is 4.74 Å². The first kappa shape index (κ1) is 12.0. The monoisotopic (exact) mass is 232 g/mol. The Morgan fingerprint density at radius 2 is 2.00 bits per heavy atom. The smallest absolute Gasteiger partial charge is 0.141 e. The van der Waals surface area contributed by atoms with Gasteiger partial charge in [0.1, 0.15) is 5.76 Å². The van der Waals surface area contributed by atoms with Crippen LogP contribution < -0.4 is 11.1 Å². The Bertz CT molecular complexity index is 356. The average Bonchev–Trinajstić information content (AvgIpc) is 2.42. The largest absolute Gasteiger partial charge is 0.491 e. The van der Waals surface area contributed by atoms with Gasteiger partial charge in [-0.15, -0.1) is 0 Å². The van der Waals surface area contributed by atoms with Gasteiger partial charge in [0.15, 0.2) is 0 Å². The molecule has 0 aliphatic carbocycles. The van der Waals surface area contributed by atoms with Crippen molar-refractivity contribution in [1.29, 1.82) is 0 Å². The third kappa shape index (κ3) is 3.49. The van der Waals surface area contributed by atoms with E-state index in [0.29, 0.717) is 5.92 Å². The first-order valence-electron chi connectivity index (χ1n) is 6.21. The highest BCUT2D eigenvalue weighted by Gasteiger charge is 2.14. The predicted octanol–water partition coefficient (Wildman–Crippen LogP) is 1.96. The second-order valence-electron chi connectivity index (χ2n) is 4.40. The quantitative estimate of drug-likeness (QED) is 0.780. The first-order valence-corrected chi connectivity index (χ1v) is 6.21. The van der Waals surface area contributed by atoms with Gasteiger partial charge in [0.05, 0.1) is 6.61 Å². The van der Waals surface area contributed by atoms with Crippen LogP contribution in [0.4, 0.5) is 0 Å². The summed E-state index contributed by atoms with van der Waals surface area (Å²) in [6.07, 6.45) is 3.93. The van der Waals surface area contributed by atoms with E-state index in [9.17, 15) is 0 Å². The second kappa shape index (κ2) is 6.30. The molecule has 1 aromatic rings. The Balaban J connectivity index is 1.88. The number of benzene rings is 1. The number of nitrogens with one attached hydrogen (secondary N) is 1. The van der Waals surface area contributed by atoms with Crippen LogP contribution in [-0.2, 0) is 4.74 Å². The van der Waals surface area contributed by atoms with E-state index in [1.54, 1.807) is 6.20 Å². The maximum atomic E-state index is 5.83. The molecule has 0 amide bonds. The molecule has 1 fully saturated rings. The Kier molecular flexibility index (Phi) is 4.45. The number of rotatable bonds is 4. The van der Waals surface area contributed by atoms with E-state index in [1.165, 1.54) is 12.8 Å². The van der Waals surface area contributed by atoms with Crippen LogP contribution in [0.1, 0.15) is 18.4 Å². The van der Waals surface area contributed by atoms with Gasteiger partial charge in [0.2, 0.25) is 0 Å². The van der Waals surface area contributed by atoms with Crippen LogP contribution in [0.25, 0.3) is 5.76 Å². The lowest BCUT2D eigenvalue weighted by atomic mass is 9.99. The SMILES string of the molecule is N/C=C(\OCC1CCNCC1)c1ccccc1. The lowest BCUT2D eigenvalue weighted by molar-refractivity contribution is 0.188. The number of nitrogens with two attached hydrogens (primary N) is 1. The van der Waals surface area contributed by atoms with Crippen molar-refractivity contribution in [1.82, 2.24) is 5.32 Å². The van der Waals surface area contributed by atoms with E-state index in [-0.39, 0.29) is 0 Å². The molecular weight excluding hydrogens is 212 g/mol. The molecule has 1 aromatic carbocycles. The summed E-state index contributed by atoms with van der Waals surface area (Å²) in [6.45, 7) is 2.96. The highest BCUT2D eigenvalue weighted by atomic mass is 16.5. The van der Waals surface area contributed by atoms with E-state index in [4.69, 9.17) is 10.5 Å². The van der Waals surface area contributed by atoms with Crippen LogP contribution in [0.2, 0.25) is 0 Å². The van der Waals surface area contributed by atoms with Crippen molar-refractivity contribution in [2.24, 2.45) is 11.7 Å². The number of hydrogen-bond acceptors (Lipinski definition) is 3. The molecule has 1 aliphatic rings. The molecule has 17 heavy (non-hydrogen) atoms. The van der Waals surface area contributed by atoms with Crippen molar-refractivity contribution in [3.63, 3.8) is 0 Å². The van der Waals surface area contributed by atoms with Crippen molar-refractivity contribution in [3.05, 3.63) is 42.1 Å². The lowest BCUT2D eigenvalue weighted by Crippen LogP contribution is -2.29. The molecule has 0 atom stereocenters. The maximum absolute atomic E-state index is 5.83. The summed E-state index contributed by atoms with van der Waals surface area (Å²) in [5, 5.41) is 3.35. The molecule has 1 heterocycles. The molecule has 1 aliphatic heterocycles. The van der Waals surface area contributed by atoms with Gasteiger partial charge in [-0.3, -0.25) is 0 Å². The maximum Gasteiger partial charge on any atom is 0.141 e. The Morgan fingerprint density at radius 1 is 1.29 bits per heavy atom. The molecule has 0 radical (unpaired) electrons. The van der Waals surface area contributed by atoms with Gasteiger partial charge in [0.25, 0.3) is 0 Å². The van der Waals surface area contributed by atoms with Crippen LogP contribution in [0, 0.1) is 5.92 Å². The van der Waals surface area contributed by atoms with Crippen molar-refractivity contribution in [2.45, 2.75) is 12.8 Å². The van der Waals surface area contributed by atoms with E-state index in [0.717, 1.165) is 31.0 Å². The molecule has 92 valence electrons. The third-order valence-corrected chi connectivity index (χ3v) is 3.14. The number of piperidine rings is 1. The van der Waals surface area contributed by atoms with Gasteiger partial charge in [-0.2, -0.15) is 0 Å². The van der Waals surface area contributed by atoms with Gasteiger partial charge in [0, 0.05) is 11.8 Å². The summed E-state index contributed by atoms with van der Waals surface area (Å²) in [5.74, 6) is 1.43. The molecule has 3 N–H and O–H groups in total. The topological polar surface area (TPSA) is 47.3 Å². The highest BCUT2D eigenvalue weighted by Crippen LogP contribution is 2.18. The fourth-order valence-electron chi connectivity index (χ4n) is 2.09. The minimum absolute atomic E-state index is 0.648. The molecule has 2 rings (SSSR count). The summed E-state index contributed by atoms with van der Waals surface area (Å²) < 4.78 is 5.83. The number of ether oxygens (including phenoxy) is 1. The normalized spacial score (nSPS) is 18.0. The van der Waals surface area contributed by atoms with Crippen LogP contribution in [0.3, 0.4) is 0 Å². The molecule has 1 saturated heterocycles. The van der Waals surface area contributed by atoms with Gasteiger partial charge in [-0.25, -0.2) is 0 Å². The van der Waals surface area contributed by atoms with E-state index < -0.39 is 0 Å². The molecule has 0 aromatic heterocycles. The molecule has 0 unspecified atom stereocenters. The summed E-state index contributed by atoms with van der Waals surface area (Å²) in [6, 6.07) is 10.0. The molecule has 0 bridgehead atoms. The standard InChI is InChI=1S/C14H20N2O/c15-10-14(13-4-2-1-3-5-13)17-11-12-6-8-16-9-7-12/h1-5,10,12,16H,6-9,11,15H2/b14-10-. The fraction of sp³-hybridized carbons (Fsp3) is 0.429. The molecular formula is C14H20N2O. The van der Waals surface area contributed by atoms with E-state index in [2.05, 4.69) is 5.32 Å². The summed E-state index contributed by atoms with van der Waals surface area (Å²) >= 11 is 0. The van der Waals surface area contributed by atoms with Gasteiger partial charge in [-0.1, -0.05) is 30.3 Å². The molecule has 0 saturated carbocycles. The Morgan fingerprint density at radius 3 is 2.65 bits per heavy atom. The van der Waals surface area contributed by atoms with Gasteiger partial charge in [-0.05, 0) is 31.8 Å². The molecule has 0 spiro atoms. The minimum atomic E-state index is 0.648. The van der Waals surface area contributed by atoms with Crippen molar-refractivity contribution in [3.8, 4) is 0 Å². The Hall–Kier alpha value is -1.48. The zero-order chi connectivity index (χ0) is 11.9. The third-order valence-electron chi connectivity index (χ3n) is 3.14. The predicted molar refractivity (Wildman–Crippen MR) is 70.2 cm³/mol. The first-order chi connectivity index (χ1) is 8.40. The zero-order valence-corrected chi connectivity index (χ0v) is 10.1. The van der Waals surface area contributed by atoms with E-state index in [1.807, 2.05) is 30.3 Å². The number of hydrogen-bond donors (Lipinski definition) is 2. The van der Waals surface area contributed by atoms with Crippen LogP contribution >= 0.6 is 0 Å². The fourth-order valence-corrected chi connectivity index (χ4v) is 2.09. The van der Waals surface area contributed by atoms with E-state index >= 15 is 0 Å². The Labute approximate surface area is 103 Å². The molecule has 3 heteroatoms. The van der Waals surface area contributed by atoms with Crippen LogP contribution in [-0.4, -0.2) is 19.7 Å². The minimum Gasteiger partial charge on any atom is -0.491 e. The van der Waals surface area contributed by atoms with Gasteiger partial charge >= 0.3 is 0 Å². The second-order valence-corrected chi connectivity index (χ2v) is 4.40. The van der Waals surface area contributed by atoms with Gasteiger partial charge < -0.3 is 15.8 Å². The average molecular weight is 232 g/mol. The molecule has 3 nitrogen and oxygen atoms in total. The summed E-state index contributed by atoms with van der Waals surface area (Å²) in [7, 11) is 0. The van der Waals surface area contributed by atoms with Crippen molar-refractivity contribution >= 4 is 5.76 Å². The van der Waals surface area contributed by atoms with Crippen molar-refractivity contribution in [2.75, 3.05) is 19.7 Å². The zero-order valence-electron chi connectivity index (χ0n) is 10.1. The van der Waals surface area contributed by atoms with Crippen LogP contribution in [0.15, 0.2) is 36.5 Å². The summed E-state index contributed by atoms with van der Waals surface area (Å²) in [4.78, 5) is 0. The lowest BCUT2D eigenvalue weighted by Gasteiger charge is -2.23. The summed E-state index contributed by atoms with van der Waals surface area (Å²) in [5.41, 5.74) is 6.67. The highest BCUT2D eigenvalue weighted by molar-refractivity contribution is 5.58.